The maximum absolute atomic E-state index is 6.14. The fourth-order valence-corrected chi connectivity index (χ4v) is 2.31. The first-order chi connectivity index (χ1) is 9.65. The summed E-state index contributed by atoms with van der Waals surface area (Å²) in [5.74, 6) is 0.274. The van der Waals surface area contributed by atoms with Gasteiger partial charge in [0, 0.05) is 11.6 Å². The zero-order chi connectivity index (χ0) is 14.1. The highest BCUT2D eigenvalue weighted by molar-refractivity contribution is 6.31. The SMILES string of the molecule is Cc1c(NCc2ccccc2Cl)ccc2nc(N)nn12. The lowest BCUT2D eigenvalue weighted by molar-refractivity contribution is 0.917. The van der Waals surface area contributed by atoms with Gasteiger partial charge in [-0.3, -0.25) is 0 Å². The van der Waals surface area contributed by atoms with Crippen LogP contribution in [0.4, 0.5) is 11.6 Å². The number of hydrogen-bond acceptors (Lipinski definition) is 4. The average Bonchev–Trinajstić information content (AvgIpc) is 2.81. The Hall–Kier alpha value is -2.27. The van der Waals surface area contributed by atoms with Gasteiger partial charge in [0.25, 0.3) is 0 Å². The largest absolute Gasteiger partial charge is 0.379 e. The summed E-state index contributed by atoms with van der Waals surface area (Å²) in [6.07, 6.45) is 0. The van der Waals surface area contributed by atoms with Gasteiger partial charge in [0.1, 0.15) is 0 Å². The molecular formula is C14H14ClN5. The summed E-state index contributed by atoms with van der Waals surface area (Å²) in [4.78, 5) is 4.13. The Morgan fingerprint density at radius 2 is 2.05 bits per heavy atom. The minimum atomic E-state index is 0.274. The monoisotopic (exact) mass is 287 g/mol. The lowest BCUT2D eigenvalue weighted by atomic mass is 10.2. The Bertz CT molecular complexity index is 765. The topological polar surface area (TPSA) is 68.2 Å². The third kappa shape index (κ3) is 2.28. The summed E-state index contributed by atoms with van der Waals surface area (Å²) < 4.78 is 1.73. The number of fused-ring (bicyclic) bond motifs is 1. The van der Waals surface area contributed by atoms with Crippen LogP contribution in [0.2, 0.25) is 5.02 Å². The third-order valence-corrected chi connectivity index (χ3v) is 3.55. The predicted octanol–water partition coefficient (Wildman–Crippen LogP) is 2.89. The fourth-order valence-electron chi connectivity index (χ4n) is 2.11. The molecule has 0 bridgehead atoms. The van der Waals surface area contributed by atoms with Crippen molar-refractivity contribution in [3.05, 3.63) is 52.7 Å². The number of nitrogens with zero attached hydrogens (tertiary/aromatic N) is 3. The van der Waals surface area contributed by atoms with Crippen LogP contribution in [0, 0.1) is 6.92 Å². The standard InChI is InChI=1S/C14H14ClN5/c1-9-12(6-7-13-18-14(16)19-20(9)13)17-8-10-4-2-3-5-11(10)15/h2-7,17H,8H2,1H3,(H2,16,19). The van der Waals surface area contributed by atoms with Gasteiger partial charge in [-0.2, -0.15) is 4.98 Å². The average molecular weight is 288 g/mol. The van der Waals surface area contributed by atoms with E-state index in [1.54, 1.807) is 4.52 Å². The molecule has 6 heteroatoms. The quantitative estimate of drug-likeness (QED) is 0.777. The maximum Gasteiger partial charge on any atom is 0.240 e. The number of anilines is 2. The molecular weight excluding hydrogens is 274 g/mol. The van der Waals surface area contributed by atoms with Crippen molar-refractivity contribution in [3.8, 4) is 0 Å². The molecule has 0 spiro atoms. The minimum Gasteiger partial charge on any atom is -0.379 e. The molecule has 1 aromatic carbocycles. The Morgan fingerprint density at radius 3 is 2.85 bits per heavy atom. The van der Waals surface area contributed by atoms with E-state index < -0.39 is 0 Å². The van der Waals surface area contributed by atoms with Crippen molar-refractivity contribution < 1.29 is 0 Å². The minimum absolute atomic E-state index is 0.274. The molecule has 5 nitrogen and oxygen atoms in total. The maximum atomic E-state index is 6.14. The first kappa shape index (κ1) is 12.7. The van der Waals surface area contributed by atoms with Crippen molar-refractivity contribution in [2.45, 2.75) is 13.5 Å². The molecule has 0 fully saturated rings. The fraction of sp³-hybridized carbons (Fsp3) is 0.143. The van der Waals surface area contributed by atoms with Crippen LogP contribution in [0.25, 0.3) is 5.65 Å². The number of nitrogens with one attached hydrogen (secondary N) is 1. The molecule has 0 atom stereocenters. The number of nitrogen functional groups attached to an aromatic ring is 1. The van der Waals surface area contributed by atoms with Crippen LogP contribution in [-0.2, 0) is 6.54 Å². The molecule has 102 valence electrons. The van der Waals surface area contributed by atoms with Crippen molar-refractivity contribution in [1.29, 1.82) is 0 Å². The summed E-state index contributed by atoms with van der Waals surface area (Å²) in [6.45, 7) is 2.62. The van der Waals surface area contributed by atoms with Crippen LogP contribution >= 0.6 is 11.6 Å². The molecule has 3 N–H and O–H groups in total. The Labute approximate surface area is 121 Å². The highest BCUT2D eigenvalue weighted by Crippen LogP contribution is 2.20. The summed E-state index contributed by atoms with van der Waals surface area (Å²) in [5.41, 5.74) is 9.33. The zero-order valence-electron chi connectivity index (χ0n) is 11.0. The van der Waals surface area contributed by atoms with Crippen molar-refractivity contribution in [2.24, 2.45) is 0 Å². The molecule has 0 unspecified atom stereocenters. The number of halogens is 1. The summed E-state index contributed by atoms with van der Waals surface area (Å²) in [6, 6.07) is 11.6. The molecule has 0 aliphatic carbocycles. The Balaban J connectivity index is 1.88. The van der Waals surface area contributed by atoms with Gasteiger partial charge in [-0.1, -0.05) is 29.8 Å². The Morgan fingerprint density at radius 1 is 1.25 bits per heavy atom. The highest BCUT2D eigenvalue weighted by Gasteiger charge is 2.07. The van der Waals surface area contributed by atoms with Gasteiger partial charge >= 0.3 is 0 Å². The van der Waals surface area contributed by atoms with Crippen molar-refractivity contribution in [3.63, 3.8) is 0 Å². The van der Waals surface area contributed by atoms with Crippen molar-refractivity contribution >= 4 is 28.9 Å². The molecule has 2 heterocycles. The molecule has 20 heavy (non-hydrogen) atoms. The number of aromatic nitrogens is 3. The van der Waals surface area contributed by atoms with Gasteiger partial charge in [-0.05, 0) is 30.7 Å². The van der Waals surface area contributed by atoms with Gasteiger partial charge in [-0.25, -0.2) is 4.52 Å². The van der Waals surface area contributed by atoms with Gasteiger partial charge < -0.3 is 11.1 Å². The van der Waals surface area contributed by atoms with Crippen molar-refractivity contribution in [1.82, 2.24) is 14.6 Å². The van der Waals surface area contributed by atoms with Gasteiger partial charge in [0.2, 0.25) is 5.95 Å². The van der Waals surface area contributed by atoms with Crippen molar-refractivity contribution in [2.75, 3.05) is 11.1 Å². The molecule has 0 aliphatic rings. The molecule has 0 amide bonds. The van der Waals surface area contributed by atoms with Crippen LogP contribution in [0.15, 0.2) is 36.4 Å². The van der Waals surface area contributed by atoms with Crippen LogP contribution in [0.1, 0.15) is 11.3 Å². The van der Waals surface area contributed by atoms with E-state index in [9.17, 15) is 0 Å². The third-order valence-electron chi connectivity index (χ3n) is 3.18. The molecule has 0 radical (unpaired) electrons. The van der Waals surface area contributed by atoms with E-state index in [0.717, 1.165) is 27.6 Å². The van der Waals surface area contributed by atoms with Gasteiger partial charge in [0.05, 0.1) is 11.4 Å². The second kappa shape index (κ2) is 5.02. The number of rotatable bonds is 3. The first-order valence-corrected chi connectivity index (χ1v) is 6.62. The molecule has 3 rings (SSSR count). The van der Waals surface area contributed by atoms with Crippen LogP contribution < -0.4 is 11.1 Å². The second-order valence-electron chi connectivity index (χ2n) is 4.52. The van der Waals surface area contributed by atoms with Gasteiger partial charge in [-0.15, -0.1) is 5.10 Å². The number of benzene rings is 1. The first-order valence-electron chi connectivity index (χ1n) is 6.24. The van der Waals surface area contributed by atoms with Crippen LogP contribution in [-0.4, -0.2) is 14.6 Å². The lowest BCUT2D eigenvalue weighted by Gasteiger charge is -2.11. The summed E-state index contributed by atoms with van der Waals surface area (Å²) >= 11 is 6.14. The lowest BCUT2D eigenvalue weighted by Crippen LogP contribution is -2.05. The summed E-state index contributed by atoms with van der Waals surface area (Å²) in [5, 5.41) is 8.27. The van der Waals surface area contributed by atoms with Gasteiger partial charge in [0.15, 0.2) is 5.65 Å². The number of nitrogens with two attached hydrogens (primary N) is 1. The number of aryl methyl sites for hydroxylation is 1. The van der Waals surface area contributed by atoms with E-state index in [4.69, 9.17) is 17.3 Å². The normalized spacial score (nSPS) is 10.9. The molecule has 0 saturated carbocycles. The molecule has 3 aromatic rings. The van der Waals surface area contributed by atoms with E-state index in [1.165, 1.54) is 0 Å². The number of pyridine rings is 1. The molecule has 0 aliphatic heterocycles. The zero-order valence-corrected chi connectivity index (χ0v) is 11.7. The smallest absolute Gasteiger partial charge is 0.240 e. The highest BCUT2D eigenvalue weighted by atomic mass is 35.5. The van der Waals surface area contributed by atoms with E-state index in [-0.39, 0.29) is 5.95 Å². The Kier molecular flexibility index (Phi) is 3.20. The number of hydrogen-bond donors (Lipinski definition) is 2. The van der Waals surface area contributed by atoms with Crippen LogP contribution in [0.5, 0.6) is 0 Å². The van der Waals surface area contributed by atoms with E-state index in [1.807, 2.05) is 43.3 Å². The van der Waals surface area contributed by atoms with E-state index >= 15 is 0 Å². The molecule has 0 saturated heterocycles. The van der Waals surface area contributed by atoms with Crippen LogP contribution in [0.3, 0.4) is 0 Å². The van der Waals surface area contributed by atoms with E-state index in [2.05, 4.69) is 15.4 Å². The molecule has 2 aromatic heterocycles. The summed E-state index contributed by atoms with van der Waals surface area (Å²) in [7, 11) is 0. The van der Waals surface area contributed by atoms with E-state index in [0.29, 0.717) is 6.54 Å². The predicted molar refractivity (Wildman–Crippen MR) is 80.9 cm³/mol. The second-order valence-corrected chi connectivity index (χ2v) is 4.92.